The summed E-state index contributed by atoms with van der Waals surface area (Å²) < 4.78 is 5.24. The van der Waals surface area contributed by atoms with E-state index < -0.39 is 0 Å². The molecule has 0 saturated heterocycles. The van der Waals surface area contributed by atoms with Crippen LogP contribution in [0.1, 0.15) is 31.7 Å². The highest BCUT2D eigenvalue weighted by molar-refractivity contribution is 7.07. The molecule has 1 aliphatic rings. The van der Waals surface area contributed by atoms with Gasteiger partial charge in [-0.05, 0) is 48.6 Å². The fraction of sp³-hybridized carbons (Fsp3) is 0.714. The number of methoxy groups -OCH3 is 1. The minimum atomic E-state index is 0.0547. The van der Waals surface area contributed by atoms with Gasteiger partial charge in [0.1, 0.15) is 0 Å². The summed E-state index contributed by atoms with van der Waals surface area (Å²) >= 11 is 1.77. The van der Waals surface area contributed by atoms with Crippen molar-refractivity contribution in [2.45, 2.75) is 44.3 Å². The maximum Gasteiger partial charge on any atom is 0.0480 e. The van der Waals surface area contributed by atoms with Gasteiger partial charge in [0.15, 0.2) is 0 Å². The first-order valence-corrected chi connectivity index (χ1v) is 7.61. The molecule has 1 atom stereocenters. The summed E-state index contributed by atoms with van der Waals surface area (Å²) in [5, 5.41) is 4.39. The molecular formula is C14H24N2OS. The van der Waals surface area contributed by atoms with Crippen LogP contribution in [0.2, 0.25) is 0 Å². The van der Waals surface area contributed by atoms with Crippen LogP contribution in [0.15, 0.2) is 16.8 Å². The molecule has 0 radical (unpaired) electrons. The van der Waals surface area contributed by atoms with Crippen LogP contribution in [0, 0.1) is 0 Å². The largest absolute Gasteiger partial charge is 0.385 e. The molecule has 0 spiro atoms. The number of nitrogens with zero attached hydrogens (tertiary/aromatic N) is 1. The molecule has 102 valence electrons. The highest BCUT2D eigenvalue weighted by atomic mass is 32.1. The molecule has 1 saturated carbocycles. The standard InChI is InChI=1S/C14H24N2OS/c1-14(11-15,6-7-17-2)16(13-3-4-13)9-12-5-8-18-10-12/h5,8,10,13H,3-4,6-7,9,11,15H2,1-2H3. The Kier molecular flexibility index (Phi) is 4.78. The lowest BCUT2D eigenvalue weighted by Crippen LogP contribution is -2.52. The smallest absolute Gasteiger partial charge is 0.0480 e. The van der Waals surface area contributed by atoms with Gasteiger partial charge in [-0.25, -0.2) is 0 Å². The number of hydrogen-bond acceptors (Lipinski definition) is 4. The van der Waals surface area contributed by atoms with E-state index in [1.54, 1.807) is 18.4 Å². The second kappa shape index (κ2) is 6.15. The SMILES string of the molecule is COCCC(C)(CN)N(Cc1ccsc1)C1CC1. The lowest BCUT2D eigenvalue weighted by Gasteiger charge is -2.41. The van der Waals surface area contributed by atoms with Gasteiger partial charge in [-0.3, -0.25) is 4.90 Å². The molecule has 1 heterocycles. The lowest BCUT2D eigenvalue weighted by atomic mass is 9.95. The molecule has 0 aliphatic heterocycles. The van der Waals surface area contributed by atoms with Crippen molar-refractivity contribution in [2.75, 3.05) is 20.3 Å². The summed E-state index contributed by atoms with van der Waals surface area (Å²) in [6.45, 7) is 4.76. The maximum absolute atomic E-state index is 6.05. The monoisotopic (exact) mass is 268 g/mol. The van der Waals surface area contributed by atoms with Crippen molar-refractivity contribution in [1.82, 2.24) is 4.90 Å². The average molecular weight is 268 g/mol. The molecule has 1 aromatic heterocycles. The molecule has 0 bridgehead atoms. The van der Waals surface area contributed by atoms with E-state index in [2.05, 4.69) is 28.7 Å². The lowest BCUT2D eigenvalue weighted by molar-refractivity contribution is 0.0553. The summed E-state index contributed by atoms with van der Waals surface area (Å²) in [5.74, 6) is 0. The number of nitrogens with two attached hydrogens (primary N) is 1. The van der Waals surface area contributed by atoms with E-state index >= 15 is 0 Å². The first kappa shape index (κ1) is 14.0. The molecular weight excluding hydrogens is 244 g/mol. The minimum absolute atomic E-state index is 0.0547. The molecule has 3 nitrogen and oxygen atoms in total. The highest BCUT2D eigenvalue weighted by Crippen LogP contribution is 2.35. The normalized spacial score (nSPS) is 19.1. The second-order valence-corrected chi connectivity index (χ2v) is 6.21. The van der Waals surface area contributed by atoms with Gasteiger partial charge in [0, 0.05) is 38.4 Å². The molecule has 18 heavy (non-hydrogen) atoms. The Morgan fingerprint density at radius 2 is 2.33 bits per heavy atom. The van der Waals surface area contributed by atoms with E-state index in [1.807, 2.05) is 0 Å². The van der Waals surface area contributed by atoms with Crippen molar-refractivity contribution in [1.29, 1.82) is 0 Å². The summed E-state index contributed by atoms with van der Waals surface area (Å²) in [4.78, 5) is 2.59. The van der Waals surface area contributed by atoms with Crippen LogP contribution in [-0.4, -0.2) is 36.7 Å². The van der Waals surface area contributed by atoms with E-state index in [-0.39, 0.29) is 5.54 Å². The fourth-order valence-corrected chi connectivity index (χ4v) is 3.07. The molecule has 1 aromatic rings. The first-order valence-electron chi connectivity index (χ1n) is 6.66. The Labute approximate surface area is 114 Å². The quantitative estimate of drug-likeness (QED) is 0.787. The van der Waals surface area contributed by atoms with E-state index in [4.69, 9.17) is 10.5 Å². The highest BCUT2D eigenvalue weighted by Gasteiger charge is 2.40. The fourth-order valence-electron chi connectivity index (χ4n) is 2.41. The molecule has 2 N–H and O–H groups in total. The zero-order chi connectivity index (χ0) is 13.0. The summed E-state index contributed by atoms with van der Waals surface area (Å²) in [7, 11) is 1.76. The van der Waals surface area contributed by atoms with Crippen LogP contribution in [0.5, 0.6) is 0 Å². The number of rotatable bonds is 8. The predicted molar refractivity (Wildman–Crippen MR) is 76.8 cm³/mol. The van der Waals surface area contributed by atoms with Crippen molar-refractivity contribution in [3.05, 3.63) is 22.4 Å². The van der Waals surface area contributed by atoms with Crippen molar-refractivity contribution in [3.8, 4) is 0 Å². The average Bonchev–Trinajstić information content (AvgIpc) is 3.10. The van der Waals surface area contributed by atoms with Crippen LogP contribution in [0.25, 0.3) is 0 Å². The third-order valence-corrected chi connectivity index (χ3v) is 4.63. The van der Waals surface area contributed by atoms with Crippen LogP contribution < -0.4 is 5.73 Å². The van der Waals surface area contributed by atoms with Crippen LogP contribution in [0.4, 0.5) is 0 Å². The third kappa shape index (κ3) is 3.32. The molecule has 2 rings (SSSR count). The molecule has 1 fully saturated rings. The molecule has 4 heteroatoms. The maximum atomic E-state index is 6.05. The third-order valence-electron chi connectivity index (χ3n) is 3.90. The van der Waals surface area contributed by atoms with Gasteiger partial charge in [0.25, 0.3) is 0 Å². The van der Waals surface area contributed by atoms with Crippen LogP contribution in [0.3, 0.4) is 0 Å². The Morgan fingerprint density at radius 3 is 2.83 bits per heavy atom. The zero-order valence-corrected chi connectivity index (χ0v) is 12.2. The second-order valence-electron chi connectivity index (χ2n) is 5.43. The van der Waals surface area contributed by atoms with Gasteiger partial charge in [0.05, 0.1) is 0 Å². The summed E-state index contributed by atoms with van der Waals surface area (Å²) in [6, 6.07) is 2.93. The van der Waals surface area contributed by atoms with Crippen molar-refractivity contribution < 1.29 is 4.74 Å². The molecule has 1 unspecified atom stereocenters. The number of thiophene rings is 1. The summed E-state index contributed by atoms with van der Waals surface area (Å²) in [6.07, 6.45) is 3.63. The minimum Gasteiger partial charge on any atom is -0.385 e. The van der Waals surface area contributed by atoms with Gasteiger partial charge in [0.2, 0.25) is 0 Å². The van der Waals surface area contributed by atoms with E-state index in [1.165, 1.54) is 18.4 Å². The summed E-state index contributed by atoms with van der Waals surface area (Å²) in [5.41, 5.74) is 7.51. The molecule has 1 aliphatic carbocycles. The van der Waals surface area contributed by atoms with E-state index in [0.717, 1.165) is 25.6 Å². The van der Waals surface area contributed by atoms with E-state index in [0.29, 0.717) is 6.54 Å². The topological polar surface area (TPSA) is 38.5 Å². The Morgan fingerprint density at radius 1 is 1.56 bits per heavy atom. The van der Waals surface area contributed by atoms with E-state index in [9.17, 15) is 0 Å². The van der Waals surface area contributed by atoms with Gasteiger partial charge < -0.3 is 10.5 Å². The van der Waals surface area contributed by atoms with Crippen LogP contribution >= 0.6 is 11.3 Å². The molecule has 0 aromatic carbocycles. The zero-order valence-electron chi connectivity index (χ0n) is 11.4. The number of hydrogen-bond donors (Lipinski definition) is 1. The van der Waals surface area contributed by atoms with Gasteiger partial charge in [-0.2, -0.15) is 11.3 Å². The van der Waals surface area contributed by atoms with Gasteiger partial charge in [-0.15, -0.1) is 0 Å². The Balaban J connectivity index is 2.06. The predicted octanol–water partition coefficient (Wildman–Crippen LogP) is 2.47. The first-order chi connectivity index (χ1) is 8.69. The van der Waals surface area contributed by atoms with Gasteiger partial charge >= 0.3 is 0 Å². The molecule has 0 amide bonds. The van der Waals surface area contributed by atoms with Crippen molar-refractivity contribution in [2.24, 2.45) is 5.73 Å². The Bertz CT molecular complexity index is 351. The van der Waals surface area contributed by atoms with Crippen molar-refractivity contribution in [3.63, 3.8) is 0 Å². The van der Waals surface area contributed by atoms with Gasteiger partial charge in [-0.1, -0.05) is 0 Å². The van der Waals surface area contributed by atoms with Crippen LogP contribution in [-0.2, 0) is 11.3 Å². The van der Waals surface area contributed by atoms with Crippen molar-refractivity contribution >= 4 is 11.3 Å². The Hall–Kier alpha value is -0.420. The number of ether oxygens (including phenoxy) is 1.